The zero-order valence-corrected chi connectivity index (χ0v) is 25.7. The Balaban J connectivity index is 1.43. The van der Waals surface area contributed by atoms with Crippen LogP contribution in [0.4, 0.5) is 14.5 Å². The van der Waals surface area contributed by atoms with Crippen molar-refractivity contribution < 1.29 is 18.4 Å². The molecule has 4 aromatic carbocycles. The highest BCUT2D eigenvalue weighted by atomic mass is 19.2. The minimum absolute atomic E-state index is 0.0197. The summed E-state index contributed by atoms with van der Waals surface area (Å²) in [6, 6.07) is 28.1. The predicted molar refractivity (Wildman–Crippen MR) is 177 cm³/mol. The number of para-hydroxylation sites is 1. The van der Waals surface area contributed by atoms with E-state index < -0.39 is 24.1 Å². The number of hydrogen-bond acceptors (Lipinski definition) is 4. The average molecular weight is 629 g/mol. The topological polar surface area (TPSA) is 87.1 Å². The van der Waals surface area contributed by atoms with Crippen molar-refractivity contribution in [3.05, 3.63) is 132 Å². The lowest BCUT2D eigenvalue weighted by Gasteiger charge is -2.30. The molecule has 6 aromatic rings. The van der Waals surface area contributed by atoms with Gasteiger partial charge >= 0.3 is 0 Å². The highest BCUT2D eigenvalue weighted by Crippen LogP contribution is 2.39. The highest BCUT2D eigenvalue weighted by molar-refractivity contribution is 6.31. The second-order valence-electron chi connectivity index (χ2n) is 11.6. The van der Waals surface area contributed by atoms with Gasteiger partial charge in [-0.3, -0.25) is 19.1 Å². The molecule has 3 heterocycles. The lowest BCUT2D eigenvalue weighted by Crippen LogP contribution is -2.45. The van der Waals surface area contributed by atoms with Gasteiger partial charge in [-0.1, -0.05) is 78.9 Å². The molecule has 1 aliphatic rings. The maximum Gasteiger partial charge on any atom is 0.262 e. The Morgan fingerprint density at radius 3 is 2.23 bits per heavy atom. The number of nitrogens with one attached hydrogen (secondary N) is 1. The Hall–Kier alpha value is -5.90. The Labute approximate surface area is 269 Å². The van der Waals surface area contributed by atoms with Crippen LogP contribution in [0.15, 0.2) is 103 Å². The van der Waals surface area contributed by atoms with Crippen molar-refractivity contribution in [1.82, 2.24) is 24.6 Å². The molecule has 0 spiro atoms. The van der Waals surface area contributed by atoms with Crippen molar-refractivity contribution in [1.29, 1.82) is 0 Å². The summed E-state index contributed by atoms with van der Waals surface area (Å²) in [5.41, 5.74) is 3.38. The summed E-state index contributed by atoms with van der Waals surface area (Å²) in [5, 5.41) is 9.73. The first-order valence-corrected chi connectivity index (χ1v) is 15.2. The summed E-state index contributed by atoms with van der Waals surface area (Å²) >= 11 is 0. The van der Waals surface area contributed by atoms with Gasteiger partial charge in [0.2, 0.25) is 5.91 Å². The zero-order chi connectivity index (χ0) is 32.7. The molecule has 0 atom stereocenters. The molecule has 0 aliphatic carbocycles. The summed E-state index contributed by atoms with van der Waals surface area (Å²) in [7, 11) is 0. The highest BCUT2D eigenvalue weighted by Gasteiger charge is 2.36. The smallest absolute Gasteiger partial charge is 0.262 e. The predicted octanol–water partition coefficient (Wildman–Crippen LogP) is 7.02. The number of hydrogen-bond donors (Lipinski definition) is 1. The number of carbonyl (C=O) groups is 2. The van der Waals surface area contributed by atoms with Gasteiger partial charge in [0, 0.05) is 52.9 Å². The van der Waals surface area contributed by atoms with E-state index in [-0.39, 0.29) is 34.7 Å². The van der Waals surface area contributed by atoms with E-state index in [0.29, 0.717) is 23.5 Å². The van der Waals surface area contributed by atoms with Crippen molar-refractivity contribution in [2.24, 2.45) is 0 Å². The number of amides is 2. The molecule has 0 saturated heterocycles. The van der Waals surface area contributed by atoms with Crippen LogP contribution in [0.2, 0.25) is 0 Å². The van der Waals surface area contributed by atoms with Crippen molar-refractivity contribution in [3.8, 4) is 17.1 Å². The molecular formula is C37H30F2N6O2. The summed E-state index contributed by atoms with van der Waals surface area (Å²) < 4.78 is 31.7. The van der Waals surface area contributed by atoms with Crippen LogP contribution in [0.3, 0.4) is 0 Å². The summed E-state index contributed by atoms with van der Waals surface area (Å²) in [6.45, 7) is 3.67. The quantitative estimate of drug-likeness (QED) is 0.193. The van der Waals surface area contributed by atoms with Gasteiger partial charge < -0.3 is 9.88 Å². The second kappa shape index (κ2) is 12.1. The molecule has 7 rings (SSSR count). The summed E-state index contributed by atoms with van der Waals surface area (Å²) in [6.07, 6.45) is 3.45. The van der Waals surface area contributed by atoms with Crippen molar-refractivity contribution >= 4 is 40.1 Å². The molecule has 234 valence electrons. The molecule has 0 unspecified atom stereocenters. The van der Waals surface area contributed by atoms with Gasteiger partial charge in [0.05, 0.1) is 16.9 Å². The van der Waals surface area contributed by atoms with Gasteiger partial charge in [-0.15, -0.1) is 10.2 Å². The van der Waals surface area contributed by atoms with Crippen LogP contribution in [0.25, 0.3) is 39.6 Å². The molecule has 0 fully saturated rings. The maximum atomic E-state index is 15.1. The number of aromatic nitrogens is 4. The number of anilines is 1. The van der Waals surface area contributed by atoms with Crippen molar-refractivity contribution in [2.75, 3.05) is 11.4 Å². The summed E-state index contributed by atoms with van der Waals surface area (Å²) in [4.78, 5) is 34.9. The van der Waals surface area contributed by atoms with Gasteiger partial charge in [0.15, 0.2) is 23.3 Å². The van der Waals surface area contributed by atoms with E-state index in [4.69, 9.17) is 0 Å². The molecular weight excluding hydrogens is 598 g/mol. The Kier molecular flexibility index (Phi) is 7.69. The molecule has 0 radical (unpaired) electrons. The number of nitrogens with zero attached hydrogens (tertiary/aromatic N) is 5. The third kappa shape index (κ3) is 5.48. The van der Waals surface area contributed by atoms with E-state index >= 15 is 8.78 Å². The van der Waals surface area contributed by atoms with Crippen molar-refractivity contribution in [3.63, 3.8) is 0 Å². The fourth-order valence-electron chi connectivity index (χ4n) is 5.95. The Morgan fingerprint density at radius 1 is 0.872 bits per heavy atom. The standard InChI is InChI=1S/C37H30F2N6O2/c1-23(2)43(21-24-11-5-3-6-12-24)34(46)22-44-32-18-29(38)30(39)19-33(32)45-35(25-13-7-4-8-14-25)41-42-36(45)28(37(44)47)17-26-20-40-31-16-10-9-15-27(26)31/h3-20,23,40H,21-22H2,1-2H3/b28-17+. The maximum absolute atomic E-state index is 15.1. The number of rotatable bonds is 7. The van der Waals surface area contributed by atoms with E-state index in [1.165, 1.54) is 4.90 Å². The first kappa shape index (κ1) is 29.8. The fourth-order valence-corrected chi connectivity index (χ4v) is 5.95. The molecule has 47 heavy (non-hydrogen) atoms. The minimum Gasteiger partial charge on any atom is -0.361 e. The van der Waals surface area contributed by atoms with Gasteiger partial charge in [-0.2, -0.15) is 0 Å². The van der Waals surface area contributed by atoms with Crippen LogP contribution in [0.1, 0.15) is 30.8 Å². The van der Waals surface area contributed by atoms with Crippen molar-refractivity contribution in [2.45, 2.75) is 26.4 Å². The molecule has 2 amide bonds. The lowest BCUT2D eigenvalue weighted by atomic mass is 10.1. The number of halogens is 2. The van der Waals surface area contributed by atoms with E-state index in [1.54, 1.807) is 21.7 Å². The third-order valence-electron chi connectivity index (χ3n) is 8.31. The Bertz CT molecular complexity index is 2150. The molecule has 1 aliphatic heterocycles. The molecule has 2 aromatic heterocycles. The molecule has 8 nitrogen and oxygen atoms in total. The van der Waals surface area contributed by atoms with Gasteiger partial charge in [0.25, 0.3) is 5.91 Å². The van der Waals surface area contributed by atoms with E-state index in [0.717, 1.165) is 28.6 Å². The number of benzene rings is 4. The van der Waals surface area contributed by atoms with Gasteiger partial charge in [0.1, 0.15) is 6.54 Å². The first-order valence-electron chi connectivity index (χ1n) is 15.2. The van der Waals surface area contributed by atoms with Crippen LogP contribution in [0, 0.1) is 11.6 Å². The Morgan fingerprint density at radius 2 is 1.51 bits per heavy atom. The van der Waals surface area contributed by atoms with E-state index in [9.17, 15) is 9.59 Å². The molecule has 10 heteroatoms. The van der Waals surface area contributed by atoms with Gasteiger partial charge in [-0.25, -0.2) is 8.78 Å². The second-order valence-corrected chi connectivity index (χ2v) is 11.6. The monoisotopic (exact) mass is 628 g/mol. The SMILES string of the molecule is CC(C)N(Cc1ccccc1)C(=O)CN1C(=O)/C(=C/c2c[nH]c3ccccc23)c2nnc(-c3ccccc3)n2-c2cc(F)c(F)cc21. The number of carbonyl (C=O) groups excluding carboxylic acids is 2. The molecule has 0 saturated carbocycles. The van der Waals surface area contributed by atoms with E-state index in [2.05, 4.69) is 15.2 Å². The van der Waals surface area contributed by atoms with Crippen LogP contribution in [0.5, 0.6) is 0 Å². The zero-order valence-electron chi connectivity index (χ0n) is 25.7. The number of aromatic amines is 1. The normalized spacial score (nSPS) is 13.6. The first-order chi connectivity index (χ1) is 22.8. The van der Waals surface area contributed by atoms with E-state index in [1.807, 2.05) is 98.8 Å². The van der Waals surface area contributed by atoms with Crippen LogP contribution in [-0.2, 0) is 16.1 Å². The minimum atomic E-state index is -1.15. The molecule has 0 bridgehead atoms. The summed E-state index contributed by atoms with van der Waals surface area (Å²) in [5.74, 6) is -2.78. The number of H-pyrrole nitrogens is 1. The third-order valence-corrected chi connectivity index (χ3v) is 8.31. The van der Waals surface area contributed by atoms with Crippen LogP contribution >= 0.6 is 0 Å². The fraction of sp³-hybridized carbons (Fsp3) is 0.135. The average Bonchev–Trinajstić information content (AvgIpc) is 3.69. The van der Waals surface area contributed by atoms with Crippen LogP contribution < -0.4 is 4.90 Å². The largest absolute Gasteiger partial charge is 0.361 e. The lowest BCUT2D eigenvalue weighted by molar-refractivity contribution is -0.133. The number of fused-ring (bicyclic) bond motifs is 4. The van der Waals surface area contributed by atoms with Crippen LogP contribution in [-0.4, -0.2) is 49.0 Å². The molecule has 1 N–H and O–H groups in total. The van der Waals surface area contributed by atoms with Gasteiger partial charge in [-0.05, 0) is 31.6 Å².